The van der Waals surface area contributed by atoms with E-state index in [1.165, 1.54) is 6.92 Å². The Hall–Kier alpha value is -0.880. The summed E-state index contributed by atoms with van der Waals surface area (Å²) in [4.78, 5) is 10.5. The first-order chi connectivity index (χ1) is 6.20. The fraction of sp³-hybridized carbons (Fsp3) is 0.500. The Labute approximate surface area is 84.8 Å². The molecule has 1 rings (SSSR count). The number of hydrogen-bond donors (Lipinski definition) is 2. The zero-order valence-electron chi connectivity index (χ0n) is 7.00. The minimum absolute atomic E-state index is 0.0516. The van der Waals surface area contributed by atoms with Crippen molar-refractivity contribution in [3.05, 3.63) is 5.15 Å². The van der Waals surface area contributed by atoms with Crippen molar-refractivity contribution in [1.29, 1.82) is 0 Å². The maximum Gasteiger partial charge on any atom is 0.216 e. The highest BCUT2D eigenvalue weighted by molar-refractivity contribution is 6.99. The van der Waals surface area contributed by atoms with Crippen LogP contribution in [0.25, 0.3) is 0 Å². The molecule has 1 aromatic heterocycles. The van der Waals surface area contributed by atoms with Gasteiger partial charge in [0.1, 0.15) is 0 Å². The fourth-order valence-electron chi connectivity index (χ4n) is 0.703. The Balaban J connectivity index is 2.20. The van der Waals surface area contributed by atoms with Crippen LogP contribution in [0.5, 0.6) is 0 Å². The summed E-state index contributed by atoms with van der Waals surface area (Å²) in [6, 6.07) is 0. The van der Waals surface area contributed by atoms with E-state index in [0.29, 0.717) is 24.1 Å². The Morgan fingerprint density at radius 3 is 2.85 bits per heavy atom. The number of anilines is 1. The third-order valence-corrected chi connectivity index (χ3v) is 2.13. The number of halogens is 1. The van der Waals surface area contributed by atoms with Gasteiger partial charge in [0.25, 0.3) is 0 Å². The molecule has 5 nitrogen and oxygen atoms in total. The molecule has 1 aromatic rings. The smallest absolute Gasteiger partial charge is 0.216 e. The second-order valence-corrected chi connectivity index (χ2v) is 3.20. The van der Waals surface area contributed by atoms with Crippen LogP contribution in [-0.4, -0.2) is 27.7 Å². The van der Waals surface area contributed by atoms with Gasteiger partial charge in [0.2, 0.25) is 5.91 Å². The van der Waals surface area contributed by atoms with Crippen LogP contribution in [0.4, 0.5) is 5.82 Å². The molecule has 0 aliphatic rings. The molecule has 0 fully saturated rings. The van der Waals surface area contributed by atoms with E-state index in [-0.39, 0.29) is 5.91 Å². The molecule has 0 aliphatic heterocycles. The number of amides is 1. The molecular weight excluding hydrogens is 212 g/mol. The van der Waals surface area contributed by atoms with Crippen LogP contribution in [0.15, 0.2) is 0 Å². The molecule has 7 heteroatoms. The maximum absolute atomic E-state index is 10.5. The third kappa shape index (κ3) is 3.56. The van der Waals surface area contributed by atoms with Crippen molar-refractivity contribution in [1.82, 2.24) is 14.1 Å². The van der Waals surface area contributed by atoms with Gasteiger partial charge in [0.15, 0.2) is 11.0 Å². The molecule has 13 heavy (non-hydrogen) atoms. The number of nitrogens with one attached hydrogen (secondary N) is 2. The van der Waals surface area contributed by atoms with Gasteiger partial charge in [-0.25, -0.2) is 0 Å². The minimum Gasteiger partial charge on any atom is -0.365 e. The van der Waals surface area contributed by atoms with Crippen molar-refractivity contribution in [3.8, 4) is 0 Å². The number of nitrogens with zero attached hydrogens (tertiary/aromatic N) is 2. The van der Waals surface area contributed by atoms with Gasteiger partial charge in [0.05, 0.1) is 11.7 Å². The highest BCUT2D eigenvalue weighted by Crippen LogP contribution is 2.16. The molecule has 0 spiro atoms. The van der Waals surface area contributed by atoms with Crippen molar-refractivity contribution in [2.75, 3.05) is 18.4 Å². The van der Waals surface area contributed by atoms with Crippen molar-refractivity contribution < 1.29 is 4.79 Å². The zero-order chi connectivity index (χ0) is 9.68. The summed E-state index contributed by atoms with van der Waals surface area (Å²) in [6.07, 6.45) is 0. The van der Waals surface area contributed by atoms with Gasteiger partial charge >= 0.3 is 0 Å². The standard InChI is InChI=1S/C6H9ClN4OS/c1-4(12)8-2-3-9-6-5(7)10-13-11-6/h2-3H2,1H3,(H,8,12)(H,9,11). The van der Waals surface area contributed by atoms with Crippen molar-refractivity contribution >= 4 is 35.1 Å². The van der Waals surface area contributed by atoms with Gasteiger partial charge in [-0.15, -0.1) is 0 Å². The lowest BCUT2D eigenvalue weighted by Gasteiger charge is -2.02. The summed E-state index contributed by atoms with van der Waals surface area (Å²) in [6.45, 7) is 2.60. The average molecular weight is 221 g/mol. The number of hydrogen-bond acceptors (Lipinski definition) is 5. The molecule has 0 aromatic carbocycles. The number of carbonyl (C=O) groups excluding carboxylic acids is 1. The van der Waals surface area contributed by atoms with E-state index in [1.54, 1.807) is 0 Å². The Morgan fingerprint density at radius 2 is 2.31 bits per heavy atom. The molecule has 0 bridgehead atoms. The number of aromatic nitrogens is 2. The van der Waals surface area contributed by atoms with Crippen molar-refractivity contribution in [3.63, 3.8) is 0 Å². The Morgan fingerprint density at radius 1 is 1.54 bits per heavy atom. The van der Waals surface area contributed by atoms with Crippen LogP contribution in [0.3, 0.4) is 0 Å². The second-order valence-electron chi connectivity index (χ2n) is 2.31. The van der Waals surface area contributed by atoms with Gasteiger partial charge in [-0.1, -0.05) is 11.6 Å². The van der Waals surface area contributed by atoms with E-state index in [9.17, 15) is 4.79 Å². The van der Waals surface area contributed by atoms with Crippen LogP contribution in [0, 0.1) is 0 Å². The summed E-state index contributed by atoms with van der Waals surface area (Å²) in [5.74, 6) is 0.515. The first-order valence-electron chi connectivity index (χ1n) is 3.66. The van der Waals surface area contributed by atoms with Crippen LogP contribution in [0.2, 0.25) is 5.15 Å². The first-order valence-corrected chi connectivity index (χ1v) is 4.77. The summed E-state index contributed by atoms with van der Waals surface area (Å²) in [7, 11) is 0. The lowest BCUT2D eigenvalue weighted by atomic mass is 10.5. The van der Waals surface area contributed by atoms with E-state index >= 15 is 0 Å². The lowest BCUT2D eigenvalue weighted by molar-refractivity contribution is -0.118. The fourth-order valence-corrected chi connectivity index (χ4v) is 1.39. The van der Waals surface area contributed by atoms with Crippen molar-refractivity contribution in [2.24, 2.45) is 0 Å². The summed E-state index contributed by atoms with van der Waals surface area (Å²) < 4.78 is 7.68. The predicted molar refractivity (Wildman–Crippen MR) is 52.1 cm³/mol. The predicted octanol–water partition coefficient (Wildman–Crippen LogP) is 0.739. The molecule has 0 saturated carbocycles. The topological polar surface area (TPSA) is 66.9 Å². The Bertz CT molecular complexity index is 290. The lowest BCUT2D eigenvalue weighted by Crippen LogP contribution is -2.26. The van der Waals surface area contributed by atoms with Crippen molar-refractivity contribution in [2.45, 2.75) is 6.92 Å². The molecule has 0 radical (unpaired) electrons. The molecule has 0 aliphatic carbocycles. The molecule has 0 saturated heterocycles. The summed E-state index contributed by atoms with van der Waals surface area (Å²) >= 11 is 6.72. The quantitative estimate of drug-likeness (QED) is 0.735. The normalized spacial score (nSPS) is 9.69. The van der Waals surface area contributed by atoms with Gasteiger partial charge < -0.3 is 10.6 Å². The number of carbonyl (C=O) groups is 1. The minimum atomic E-state index is -0.0516. The molecule has 0 unspecified atom stereocenters. The molecule has 1 amide bonds. The van der Waals surface area contributed by atoms with Gasteiger partial charge in [-0.3, -0.25) is 4.79 Å². The van der Waals surface area contributed by atoms with E-state index in [4.69, 9.17) is 11.6 Å². The van der Waals surface area contributed by atoms with Gasteiger partial charge in [0, 0.05) is 20.0 Å². The van der Waals surface area contributed by atoms with Crippen LogP contribution >= 0.6 is 23.3 Å². The zero-order valence-corrected chi connectivity index (χ0v) is 8.58. The van der Waals surface area contributed by atoms with E-state index < -0.39 is 0 Å². The average Bonchev–Trinajstić information content (AvgIpc) is 2.45. The molecule has 72 valence electrons. The second kappa shape index (κ2) is 4.98. The monoisotopic (exact) mass is 220 g/mol. The molecular formula is C6H9ClN4OS. The van der Waals surface area contributed by atoms with E-state index in [1.807, 2.05) is 0 Å². The van der Waals surface area contributed by atoms with Gasteiger partial charge in [-0.2, -0.15) is 8.75 Å². The molecule has 2 N–H and O–H groups in total. The third-order valence-electron chi connectivity index (χ3n) is 1.24. The number of rotatable bonds is 4. The van der Waals surface area contributed by atoms with E-state index in [0.717, 1.165) is 11.7 Å². The van der Waals surface area contributed by atoms with Crippen LogP contribution < -0.4 is 10.6 Å². The summed E-state index contributed by atoms with van der Waals surface area (Å²) in [5, 5.41) is 5.94. The highest BCUT2D eigenvalue weighted by atomic mass is 35.5. The van der Waals surface area contributed by atoms with E-state index in [2.05, 4.69) is 19.4 Å². The Kier molecular flexibility index (Phi) is 3.91. The largest absolute Gasteiger partial charge is 0.365 e. The maximum atomic E-state index is 10.5. The SMILES string of the molecule is CC(=O)NCCNc1nsnc1Cl. The summed E-state index contributed by atoms with van der Waals surface area (Å²) in [5.41, 5.74) is 0. The van der Waals surface area contributed by atoms with Crippen LogP contribution in [-0.2, 0) is 4.79 Å². The molecule has 0 atom stereocenters. The van der Waals surface area contributed by atoms with Gasteiger partial charge in [-0.05, 0) is 0 Å². The molecule has 1 heterocycles. The van der Waals surface area contributed by atoms with Crippen LogP contribution in [0.1, 0.15) is 6.92 Å². The first kappa shape index (κ1) is 10.2. The highest BCUT2D eigenvalue weighted by Gasteiger charge is 2.02.